The Hall–Kier alpha value is -1.06. The van der Waals surface area contributed by atoms with Crippen molar-refractivity contribution in [2.24, 2.45) is 5.92 Å². The number of hydrogen-bond donors (Lipinski definition) is 2. The Kier molecular flexibility index (Phi) is 4.61. The first-order valence-electron chi connectivity index (χ1n) is 6.80. The molecule has 0 aromatic heterocycles. The molecule has 0 spiro atoms. The monoisotopic (exact) mass is 249 g/mol. The van der Waals surface area contributed by atoms with Crippen LogP contribution in [0.25, 0.3) is 0 Å². The highest BCUT2D eigenvalue weighted by Crippen LogP contribution is 2.32. The second-order valence-corrected chi connectivity index (χ2v) is 5.15. The predicted octanol–water partition coefficient (Wildman–Crippen LogP) is 2.12. The van der Waals surface area contributed by atoms with Gasteiger partial charge in [0.05, 0.1) is 0 Å². The van der Waals surface area contributed by atoms with Crippen molar-refractivity contribution in [2.75, 3.05) is 13.2 Å². The largest absolute Gasteiger partial charge is 0.491 e. The van der Waals surface area contributed by atoms with Crippen LogP contribution in [0.3, 0.4) is 0 Å². The van der Waals surface area contributed by atoms with E-state index in [1.165, 1.54) is 12.8 Å². The molecule has 18 heavy (non-hydrogen) atoms. The van der Waals surface area contributed by atoms with Gasteiger partial charge in [-0.2, -0.15) is 0 Å². The summed E-state index contributed by atoms with van der Waals surface area (Å²) in [4.78, 5) is 0. The molecule has 3 unspecified atom stereocenters. The van der Waals surface area contributed by atoms with Crippen molar-refractivity contribution in [3.8, 4) is 5.75 Å². The number of aryl methyl sites for hydroxylation is 1. The SMILES string of the molecule is CCC1CC1NCC(O)COc1ccccc1C. The van der Waals surface area contributed by atoms with Gasteiger partial charge in [0.1, 0.15) is 18.5 Å². The van der Waals surface area contributed by atoms with Crippen LogP contribution in [0.1, 0.15) is 25.3 Å². The molecule has 1 aromatic rings. The number of benzene rings is 1. The zero-order valence-electron chi connectivity index (χ0n) is 11.2. The van der Waals surface area contributed by atoms with E-state index in [0.29, 0.717) is 19.2 Å². The summed E-state index contributed by atoms with van der Waals surface area (Å²) < 4.78 is 5.61. The van der Waals surface area contributed by atoms with Gasteiger partial charge in [-0.25, -0.2) is 0 Å². The average molecular weight is 249 g/mol. The number of aliphatic hydroxyl groups is 1. The summed E-state index contributed by atoms with van der Waals surface area (Å²) in [7, 11) is 0. The third-order valence-electron chi connectivity index (χ3n) is 3.59. The minimum atomic E-state index is -0.442. The first kappa shape index (κ1) is 13.4. The molecular weight excluding hydrogens is 226 g/mol. The molecule has 0 bridgehead atoms. The van der Waals surface area contributed by atoms with Crippen molar-refractivity contribution in [1.82, 2.24) is 5.32 Å². The van der Waals surface area contributed by atoms with Gasteiger partial charge in [-0.05, 0) is 30.9 Å². The molecule has 1 fully saturated rings. The first-order chi connectivity index (χ1) is 8.70. The van der Waals surface area contributed by atoms with Crippen molar-refractivity contribution in [1.29, 1.82) is 0 Å². The Labute approximate surface area is 109 Å². The van der Waals surface area contributed by atoms with E-state index in [4.69, 9.17) is 4.74 Å². The predicted molar refractivity (Wildman–Crippen MR) is 72.9 cm³/mol. The highest BCUT2D eigenvalue weighted by atomic mass is 16.5. The smallest absolute Gasteiger partial charge is 0.122 e. The number of nitrogens with one attached hydrogen (secondary N) is 1. The van der Waals surface area contributed by atoms with Crippen LogP contribution in [0.15, 0.2) is 24.3 Å². The number of hydrogen-bond acceptors (Lipinski definition) is 3. The summed E-state index contributed by atoms with van der Waals surface area (Å²) in [5.41, 5.74) is 1.10. The van der Waals surface area contributed by atoms with Crippen LogP contribution in [-0.2, 0) is 0 Å². The van der Waals surface area contributed by atoms with Crippen molar-refractivity contribution in [3.05, 3.63) is 29.8 Å². The molecule has 1 aliphatic rings. The second-order valence-electron chi connectivity index (χ2n) is 5.15. The van der Waals surface area contributed by atoms with Crippen molar-refractivity contribution < 1.29 is 9.84 Å². The minimum Gasteiger partial charge on any atom is -0.491 e. The van der Waals surface area contributed by atoms with Gasteiger partial charge in [0, 0.05) is 12.6 Å². The molecule has 0 aliphatic heterocycles. The molecule has 0 heterocycles. The molecule has 2 rings (SSSR count). The summed E-state index contributed by atoms with van der Waals surface area (Å²) >= 11 is 0. The van der Waals surface area contributed by atoms with E-state index >= 15 is 0 Å². The van der Waals surface area contributed by atoms with Crippen LogP contribution in [-0.4, -0.2) is 30.4 Å². The lowest BCUT2D eigenvalue weighted by Crippen LogP contribution is -2.33. The lowest BCUT2D eigenvalue weighted by molar-refractivity contribution is 0.105. The summed E-state index contributed by atoms with van der Waals surface area (Å²) in [5.74, 6) is 1.67. The summed E-state index contributed by atoms with van der Waals surface area (Å²) in [5, 5.41) is 13.2. The zero-order chi connectivity index (χ0) is 13.0. The van der Waals surface area contributed by atoms with E-state index in [1.807, 2.05) is 31.2 Å². The van der Waals surface area contributed by atoms with Crippen LogP contribution in [0.4, 0.5) is 0 Å². The summed E-state index contributed by atoms with van der Waals surface area (Å²) in [6.45, 7) is 5.19. The first-order valence-corrected chi connectivity index (χ1v) is 6.80. The molecule has 1 saturated carbocycles. The van der Waals surface area contributed by atoms with Gasteiger partial charge in [0.2, 0.25) is 0 Å². The fourth-order valence-electron chi connectivity index (χ4n) is 2.20. The van der Waals surface area contributed by atoms with Gasteiger partial charge in [0.25, 0.3) is 0 Å². The maximum absolute atomic E-state index is 9.85. The van der Waals surface area contributed by atoms with E-state index in [2.05, 4.69) is 12.2 Å². The van der Waals surface area contributed by atoms with Gasteiger partial charge in [-0.3, -0.25) is 0 Å². The quantitative estimate of drug-likeness (QED) is 0.778. The lowest BCUT2D eigenvalue weighted by Gasteiger charge is -2.14. The van der Waals surface area contributed by atoms with E-state index < -0.39 is 6.10 Å². The standard InChI is InChI=1S/C15H23NO2/c1-3-12-8-14(12)16-9-13(17)10-18-15-7-5-4-6-11(15)2/h4-7,12-14,16-17H,3,8-10H2,1-2H3. The molecule has 1 aliphatic carbocycles. The minimum absolute atomic E-state index is 0.349. The topological polar surface area (TPSA) is 41.5 Å². The highest BCUT2D eigenvalue weighted by Gasteiger charge is 2.34. The number of aliphatic hydroxyl groups excluding tert-OH is 1. The maximum Gasteiger partial charge on any atom is 0.122 e. The van der Waals surface area contributed by atoms with Crippen LogP contribution in [0.5, 0.6) is 5.75 Å². The van der Waals surface area contributed by atoms with Crippen molar-refractivity contribution in [2.45, 2.75) is 38.8 Å². The van der Waals surface area contributed by atoms with E-state index in [1.54, 1.807) is 0 Å². The Morgan fingerprint density at radius 1 is 1.44 bits per heavy atom. The molecule has 2 N–H and O–H groups in total. The van der Waals surface area contributed by atoms with Gasteiger partial charge in [-0.15, -0.1) is 0 Å². The van der Waals surface area contributed by atoms with Crippen molar-refractivity contribution >= 4 is 0 Å². The van der Waals surface area contributed by atoms with Crippen LogP contribution in [0, 0.1) is 12.8 Å². The molecule has 100 valence electrons. The normalized spacial score (nSPS) is 23.7. The molecule has 0 amide bonds. The van der Waals surface area contributed by atoms with Crippen LogP contribution >= 0.6 is 0 Å². The molecule has 3 heteroatoms. The molecule has 0 radical (unpaired) electrons. The van der Waals surface area contributed by atoms with Gasteiger partial charge < -0.3 is 15.2 Å². The molecule has 1 aromatic carbocycles. The third kappa shape index (κ3) is 3.72. The maximum atomic E-state index is 9.85. The van der Waals surface area contributed by atoms with E-state index in [0.717, 1.165) is 17.2 Å². The fourth-order valence-corrected chi connectivity index (χ4v) is 2.20. The average Bonchev–Trinajstić information content (AvgIpc) is 3.14. The second kappa shape index (κ2) is 6.21. The Morgan fingerprint density at radius 2 is 2.22 bits per heavy atom. The Balaban J connectivity index is 1.66. The number of ether oxygens (including phenoxy) is 1. The summed E-state index contributed by atoms with van der Waals surface area (Å²) in [6.07, 6.45) is 2.04. The van der Waals surface area contributed by atoms with E-state index in [9.17, 15) is 5.11 Å². The summed E-state index contributed by atoms with van der Waals surface area (Å²) in [6, 6.07) is 8.49. The van der Waals surface area contributed by atoms with E-state index in [-0.39, 0.29) is 0 Å². The fraction of sp³-hybridized carbons (Fsp3) is 0.600. The molecular formula is C15H23NO2. The highest BCUT2D eigenvalue weighted by molar-refractivity contribution is 5.31. The molecule has 0 saturated heterocycles. The van der Waals surface area contributed by atoms with Gasteiger partial charge in [0.15, 0.2) is 0 Å². The van der Waals surface area contributed by atoms with Crippen LogP contribution < -0.4 is 10.1 Å². The Bertz CT molecular complexity index is 381. The molecule has 3 atom stereocenters. The number of rotatable bonds is 7. The van der Waals surface area contributed by atoms with Crippen molar-refractivity contribution in [3.63, 3.8) is 0 Å². The van der Waals surface area contributed by atoms with Crippen LogP contribution in [0.2, 0.25) is 0 Å². The number of para-hydroxylation sites is 1. The van der Waals surface area contributed by atoms with Gasteiger partial charge in [-0.1, -0.05) is 31.5 Å². The lowest BCUT2D eigenvalue weighted by atomic mass is 10.2. The zero-order valence-corrected chi connectivity index (χ0v) is 11.2. The third-order valence-corrected chi connectivity index (χ3v) is 3.59. The molecule has 3 nitrogen and oxygen atoms in total. The Morgan fingerprint density at radius 3 is 2.89 bits per heavy atom. The van der Waals surface area contributed by atoms with Gasteiger partial charge >= 0.3 is 0 Å².